The molecular formula is C27H42N8O10. The Morgan fingerprint density at radius 2 is 1.09 bits per heavy atom. The van der Waals surface area contributed by atoms with E-state index in [9.17, 15) is 48.3 Å². The fraction of sp³-hybridized carbons (Fsp3) is 0.667. The molecule has 0 aliphatic carbocycles. The van der Waals surface area contributed by atoms with E-state index in [1.54, 1.807) is 0 Å². The average molecular weight is 639 g/mol. The highest BCUT2D eigenvalue weighted by molar-refractivity contribution is 5.97. The van der Waals surface area contributed by atoms with Gasteiger partial charge in [0, 0.05) is 39.3 Å². The molecule has 45 heavy (non-hydrogen) atoms. The number of nitrogens with two attached hydrogens (primary N) is 3. The van der Waals surface area contributed by atoms with Crippen molar-refractivity contribution >= 4 is 53.2 Å². The SMILES string of the molecule is CC(=O)N[C@@H](CCC(N)=O)C(=O)N[C@@H](CCC(N)=O)C(=O)N[C@@H](CCC(N)=O)C(=O)N1CCC[C@H]1C(=O)N1CCC[C@H]1C(=O)O. The minimum atomic E-state index is -1.45. The van der Waals surface area contributed by atoms with E-state index in [0.29, 0.717) is 12.8 Å². The van der Waals surface area contributed by atoms with E-state index in [2.05, 4.69) is 16.0 Å². The molecule has 0 aromatic rings. The number of amides is 8. The van der Waals surface area contributed by atoms with E-state index in [1.807, 2.05) is 0 Å². The van der Waals surface area contributed by atoms with Crippen molar-refractivity contribution in [3.63, 3.8) is 0 Å². The average Bonchev–Trinajstić information content (AvgIpc) is 3.64. The van der Waals surface area contributed by atoms with Gasteiger partial charge in [0.05, 0.1) is 0 Å². The predicted octanol–water partition coefficient (Wildman–Crippen LogP) is -3.68. The number of hydrogen-bond acceptors (Lipinski definition) is 9. The molecular weight excluding hydrogens is 596 g/mol. The zero-order valence-corrected chi connectivity index (χ0v) is 25.1. The van der Waals surface area contributed by atoms with Crippen LogP contribution in [-0.2, 0) is 43.2 Å². The molecule has 2 aliphatic heterocycles. The summed E-state index contributed by atoms with van der Waals surface area (Å²) < 4.78 is 0. The molecule has 0 aromatic heterocycles. The second kappa shape index (κ2) is 16.9. The van der Waals surface area contributed by atoms with E-state index in [-0.39, 0.29) is 64.5 Å². The van der Waals surface area contributed by atoms with Gasteiger partial charge < -0.3 is 48.1 Å². The third kappa shape index (κ3) is 11.0. The van der Waals surface area contributed by atoms with Gasteiger partial charge in [-0.05, 0) is 44.9 Å². The van der Waals surface area contributed by atoms with Crippen molar-refractivity contribution in [1.82, 2.24) is 25.8 Å². The van der Waals surface area contributed by atoms with Crippen LogP contribution < -0.4 is 33.2 Å². The van der Waals surface area contributed by atoms with Crippen molar-refractivity contribution in [2.75, 3.05) is 13.1 Å². The maximum absolute atomic E-state index is 13.7. The normalized spacial score (nSPS) is 19.6. The molecule has 8 amide bonds. The first-order chi connectivity index (χ1) is 21.1. The van der Waals surface area contributed by atoms with Crippen LogP contribution in [0.5, 0.6) is 0 Å². The summed E-state index contributed by atoms with van der Waals surface area (Å²) in [4.78, 5) is 114. The van der Waals surface area contributed by atoms with Gasteiger partial charge >= 0.3 is 5.97 Å². The summed E-state index contributed by atoms with van der Waals surface area (Å²) in [6, 6.07) is -6.10. The van der Waals surface area contributed by atoms with Gasteiger partial charge in [-0.15, -0.1) is 0 Å². The zero-order valence-electron chi connectivity index (χ0n) is 25.1. The van der Waals surface area contributed by atoms with Gasteiger partial charge in [-0.1, -0.05) is 0 Å². The molecule has 0 unspecified atom stereocenters. The summed E-state index contributed by atoms with van der Waals surface area (Å²) >= 11 is 0. The maximum atomic E-state index is 13.7. The van der Waals surface area contributed by atoms with Gasteiger partial charge in [-0.3, -0.25) is 38.4 Å². The summed E-state index contributed by atoms with van der Waals surface area (Å²) in [5.74, 6) is -7.12. The minimum Gasteiger partial charge on any atom is -0.480 e. The van der Waals surface area contributed by atoms with Crippen LogP contribution in [0.25, 0.3) is 0 Å². The van der Waals surface area contributed by atoms with Gasteiger partial charge in [0.1, 0.15) is 30.2 Å². The van der Waals surface area contributed by atoms with Crippen LogP contribution in [-0.4, -0.2) is 111 Å². The van der Waals surface area contributed by atoms with Crippen LogP contribution in [0.4, 0.5) is 0 Å². The lowest BCUT2D eigenvalue weighted by Crippen LogP contribution is -2.58. The van der Waals surface area contributed by atoms with Crippen molar-refractivity contribution in [3.8, 4) is 0 Å². The molecule has 0 saturated carbocycles. The summed E-state index contributed by atoms with van der Waals surface area (Å²) in [5, 5.41) is 16.8. The number of rotatable bonds is 17. The molecule has 18 nitrogen and oxygen atoms in total. The number of nitrogens with one attached hydrogen (secondary N) is 3. The van der Waals surface area contributed by atoms with E-state index in [0.717, 1.165) is 6.92 Å². The molecule has 10 N–H and O–H groups in total. The Morgan fingerprint density at radius 1 is 0.667 bits per heavy atom. The van der Waals surface area contributed by atoms with Gasteiger partial charge in [0.25, 0.3) is 0 Å². The molecule has 2 aliphatic rings. The lowest BCUT2D eigenvalue weighted by molar-refractivity contribution is -0.152. The Hall–Kier alpha value is -4.77. The first kappa shape index (κ1) is 36.4. The number of aliphatic carboxylic acids is 1. The second-order valence-corrected chi connectivity index (χ2v) is 11.1. The molecule has 2 saturated heterocycles. The predicted molar refractivity (Wildman–Crippen MR) is 154 cm³/mol. The van der Waals surface area contributed by atoms with Crippen molar-refractivity contribution in [2.24, 2.45) is 17.2 Å². The Balaban J connectivity index is 2.28. The Kier molecular flexibility index (Phi) is 13.7. The van der Waals surface area contributed by atoms with E-state index in [1.165, 1.54) is 9.80 Å². The number of carbonyl (C=O) groups is 9. The van der Waals surface area contributed by atoms with E-state index in [4.69, 9.17) is 17.2 Å². The van der Waals surface area contributed by atoms with Crippen LogP contribution in [0.2, 0.25) is 0 Å². The standard InChI is InChI=1S/C27H42N8O10/c1-14(36)31-15(6-9-20(28)37)23(40)32-16(7-10-21(29)38)24(41)33-17(8-11-22(30)39)25(42)34-12-2-4-18(34)26(43)35-13-3-5-19(35)27(44)45/h15-19H,2-13H2,1H3,(H2,28,37)(H2,29,38)(H2,30,39)(H,31,36)(H,32,40)(H,33,41)(H,44,45)/t15-,16-,17-,18-,19-/m0/s1. The van der Waals surface area contributed by atoms with E-state index < -0.39 is 83.4 Å². The van der Waals surface area contributed by atoms with Crippen LogP contribution in [0.1, 0.15) is 71.1 Å². The smallest absolute Gasteiger partial charge is 0.326 e. The highest BCUT2D eigenvalue weighted by Gasteiger charge is 2.44. The maximum Gasteiger partial charge on any atom is 0.326 e. The van der Waals surface area contributed by atoms with Crippen molar-refractivity contribution in [1.29, 1.82) is 0 Å². The van der Waals surface area contributed by atoms with Gasteiger partial charge in [0.15, 0.2) is 0 Å². The molecule has 250 valence electrons. The Morgan fingerprint density at radius 3 is 1.56 bits per heavy atom. The molecule has 0 radical (unpaired) electrons. The summed E-state index contributed by atoms with van der Waals surface area (Å²) in [6.07, 6.45) is -0.234. The number of carboxylic acid groups (broad SMARTS) is 1. The molecule has 2 rings (SSSR count). The minimum absolute atomic E-state index is 0.129. The second-order valence-electron chi connectivity index (χ2n) is 11.1. The van der Waals surface area contributed by atoms with Crippen molar-refractivity contribution < 1.29 is 48.3 Å². The van der Waals surface area contributed by atoms with Crippen LogP contribution in [0.15, 0.2) is 0 Å². The quantitative estimate of drug-likeness (QED) is 0.0818. The molecule has 0 spiro atoms. The lowest BCUT2D eigenvalue weighted by atomic mass is 10.0. The summed E-state index contributed by atoms with van der Waals surface area (Å²) in [6.45, 7) is 1.48. The molecule has 0 aromatic carbocycles. The molecule has 2 fully saturated rings. The van der Waals surface area contributed by atoms with Crippen molar-refractivity contribution in [3.05, 3.63) is 0 Å². The highest BCUT2D eigenvalue weighted by Crippen LogP contribution is 2.26. The Bertz CT molecular complexity index is 1190. The summed E-state index contributed by atoms with van der Waals surface area (Å²) in [5.41, 5.74) is 15.7. The zero-order chi connectivity index (χ0) is 33.8. The number of likely N-dealkylation sites (tertiary alicyclic amines) is 2. The van der Waals surface area contributed by atoms with Gasteiger partial charge in [-0.25, -0.2) is 4.79 Å². The first-order valence-electron chi connectivity index (χ1n) is 14.7. The Labute approximate surface area is 259 Å². The molecule has 0 bridgehead atoms. The number of hydrogen-bond donors (Lipinski definition) is 7. The van der Waals surface area contributed by atoms with Crippen molar-refractivity contribution in [2.45, 2.75) is 101 Å². The molecule has 2 heterocycles. The van der Waals surface area contributed by atoms with Crippen LogP contribution in [0, 0.1) is 0 Å². The van der Waals surface area contributed by atoms with Gasteiger partial charge in [0.2, 0.25) is 47.3 Å². The fourth-order valence-electron chi connectivity index (χ4n) is 5.41. The topological polar surface area (TPSA) is 294 Å². The molecule has 18 heteroatoms. The first-order valence-corrected chi connectivity index (χ1v) is 14.7. The monoisotopic (exact) mass is 638 g/mol. The number of nitrogens with zero attached hydrogens (tertiary/aromatic N) is 2. The van der Waals surface area contributed by atoms with Gasteiger partial charge in [-0.2, -0.15) is 0 Å². The van der Waals surface area contributed by atoms with E-state index >= 15 is 0 Å². The van der Waals surface area contributed by atoms with Crippen LogP contribution in [0.3, 0.4) is 0 Å². The summed E-state index contributed by atoms with van der Waals surface area (Å²) in [7, 11) is 0. The highest BCUT2D eigenvalue weighted by atomic mass is 16.4. The number of primary amides is 3. The van der Waals surface area contributed by atoms with Crippen LogP contribution >= 0.6 is 0 Å². The third-order valence-electron chi connectivity index (χ3n) is 7.62. The number of carbonyl (C=O) groups excluding carboxylic acids is 8. The fourth-order valence-corrected chi connectivity index (χ4v) is 5.41. The molecule has 5 atom stereocenters. The third-order valence-corrected chi connectivity index (χ3v) is 7.62. The lowest BCUT2D eigenvalue weighted by Gasteiger charge is -2.32. The number of carboxylic acids is 1. The largest absolute Gasteiger partial charge is 0.480 e.